The summed E-state index contributed by atoms with van der Waals surface area (Å²) >= 11 is 0. The maximum absolute atomic E-state index is 4.43. The zero-order valence-electron chi connectivity index (χ0n) is 23.3. The Bertz CT molecular complexity index is 678. The molecule has 1 aromatic carbocycles. The fourth-order valence-corrected chi connectivity index (χ4v) is 5.65. The molecule has 0 bridgehead atoms. The molecule has 0 amide bonds. The van der Waals surface area contributed by atoms with Crippen LogP contribution in [0.15, 0.2) is 49.1 Å². The molecule has 0 N–H and O–H groups in total. The van der Waals surface area contributed by atoms with E-state index in [0.29, 0.717) is 12.0 Å². The topological polar surface area (TPSA) is 17.8 Å². The Morgan fingerprint density at radius 3 is 1.66 bits per heavy atom. The maximum atomic E-state index is 4.43. The van der Waals surface area contributed by atoms with Crippen LogP contribution in [0.1, 0.15) is 147 Å². The lowest BCUT2D eigenvalue weighted by Crippen LogP contribution is -2.21. The molecular weight excluding hydrogens is 424 g/mol. The van der Waals surface area contributed by atoms with E-state index < -0.39 is 0 Å². The first-order chi connectivity index (χ1) is 17.3. The first-order valence-electron chi connectivity index (χ1n) is 15.4. The largest absolute Gasteiger partial charge is 0.334 e. The van der Waals surface area contributed by atoms with Gasteiger partial charge < -0.3 is 4.57 Å². The summed E-state index contributed by atoms with van der Waals surface area (Å²) in [6.07, 6.45) is 33.9. The van der Waals surface area contributed by atoms with Crippen LogP contribution < -0.4 is 0 Å². The highest BCUT2D eigenvalue weighted by atomic mass is 15.1. The molecule has 35 heavy (non-hydrogen) atoms. The molecule has 0 fully saturated rings. The molecule has 1 aromatic heterocycles. The third-order valence-electron chi connectivity index (χ3n) is 7.82. The minimum absolute atomic E-state index is 0.576. The van der Waals surface area contributed by atoms with Crippen molar-refractivity contribution in [1.82, 2.24) is 9.55 Å². The number of unbranched alkanes of at least 4 members (excludes halogenated alkanes) is 15. The Morgan fingerprint density at radius 1 is 0.629 bits per heavy atom. The highest BCUT2D eigenvalue weighted by Gasteiger charge is 2.23. The van der Waals surface area contributed by atoms with Crippen LogP contribution >= 0.6 is 0 Å². The molecular formula is C33H56N2. The van der Waals surface area contributed by atoms with E-state index in [1.807, 2.05) is 6.20 Å². The van der Waals surface area contributed by atoms with E-state index >= 15 is 0 Å². The van der Waals surface area contributed by atoms with Gasteiger partial charge in [-0.05, 0) is 30.7 Å². The molecule has 0 spiro atoms. The predicted octanol–water partition coefficient (Wildman–Crippen LogP) is 10.7. The minimum Gasteiger partial charge on any atom is -0.334 e. The lowest BCUT2D eigenvalue weighted by molar-refractivity contribution is 0.275. The second-order valence-electron chi connectivity index (χ2n) is 10.9. The van der Waals surface area contributed by atoms with Crippen molar-refractivity contribution in [2.75, 3.05) is 0 Å². The molecule has 2 nitrogen and oxygen atoms in total. The zero-order chi connectivity index (χ0) is 24.8. The van der Waals surface area contributed by atoms with Crippen molar-refractivity contribution in [3.05, 3.63) is 54.6 Å². The Labute approximate surface area is 218 Å². The van der Waals surface area contributed by atoms with Crippen LogP contribution in [0.5, 0.6) is 0 Å². The van der Waals surface area contributed by atoms with Crippen molar-refractivity contribution in [2.24, 2.45) is 5.92 Å². The van der Waals surface area contributed by atoms with Crippen LogP contribution in [0.3, 0.4) is 0 Å². The molecule has 0 saturated carbocycles. The number of benzene rings is 1. The predicted molar refractivity (Wildman–Crippen MR) is 154 cm³/mol. The van der Waals surface area contributed by atoms with Gasteiger partial charge in [-0.2, -0.15) is 0 Å². The van der Waals surface area contributed by atoms with Gasteiger partial charge in [-0.1, -0.05) is 153 Å². The van der Waals surface area contributed by atoms with Gasteiger partial charge in [0.1, 0.15) is 0 Å². The Hall–Kier alpha value is -1.57. The Kier molecular flexibility index (Phi) is 17.5. The molecule has 0 aliphatic carbocycles. The first kappa shape index (κ1) is 29.7. The second kappa shape index (κ2) is 20.6. The van der Waals surface area contributed by atoms with E-state index in [-0.39, 0.29) is 0 Å². The summed E-state index contributed by atoms with van der Waals surface area (Å²) in [7, 11) is 0. The van der Waals surface area contributed by atoms with E-state index in [0.717, 1.165) is 0 Å². The molecule has 2 unspecified atom stereocenters. The summed E-state index contributed by atoms with van der Waals surface area (Å²) < 4.78 is 2.43. The summed E-state index contributed by atoms with van der Waals surface area (Å²) in [4.78, 5) is 4.43. The number of aromatic nitrogens is 2. The summed E-state index contributed by atoms with van der Waals surface area (Å²) in [5.74, 6) is 0.695. The molecule has 198 valence electrons. The summed E-state index contributed by atoms with van der Waals surface area (Å²) in [5.41, 5.74) is 1.49. The third kappa shape index (κ3) is 13.9. The van der Waals surface area contributed by atoms with Crippen molar-refractivity contribution < 1.29 is 0 Å². The van der Waals surface area contributed by atoms with E-state index in [1.165, 1.54) is 134 Å². The van der Waals surface area contributed by atoms with Gasteiger partial charge in [-0.3, -0.25) is 0 Å². The molecule has 0 radical (unpaired) electrons. The SMILES string of the molecule is CCCCCCCCCCCCC(C(CCCCCCCCC)Cc1ccccc1)n1ccnc1. The fraction of sp³-hybridized carbons (Fsp3) is 0.727. The number of nitrogens with zero attached hydrogens (tertiary/aromatic N) is 2. The average Bonchev–Trinajstić information content (AvgIpc) is 3.41. The van der Waals surface area contributed by atoms with Crippen LogP contribution in [-0.4, -0.2) is 9.55 Å². The Balaban J connectivity index is 1.83. The van der Waals surface area contributed by atoms with Gasteiger partial charge >= 0.3 is 0 Å². The number of imidazole rings is 1. The lowest BCUT2D eigenvalue weighted by atomic mass is 9.84. The van der Waals surface area contributed by atoms with Gasteiger partial charge in [0, 0.05) is 18.4 Å². The van der Waals surface area contributed by atoms with Crippen LogP contribution in [0.25, 0.3) is 0 Å². The minimum atomic E-state index is 0.576. The first-order valence-corrected chi connectivity index (χ1v) is 15.4. The average molecular weight is 481 g/mol. The molecule has 2 rings (SSSR count). The summed E-state index contributed by atoms with van der Waals surface area (Å²) in [6, 6.07) is 11.8. The number of hydrogen-bond acceptors (Lipinski definition) is 1. The third-order valence-corrected chi connectivity index (χ3v) is 7.82. The van der Waals surface area contributed by atoms with E-state index in [4.69, 9.17) is 0 Å². The van der Waals surface area contributed by atoms with Gasteiger partial charge in [-0.15, -0.1) is 0 Å². The smallest absolute Gasteiger partial charge is 0.0948 e. The van der Waals surface area contributed by atoms with Crippen molar-refractivity contribution in [3.63, 3.8) is 0 Å². The highest BCUT2D eigenvalue weighted by Crippen LogP contribution is 2.32. The van der Waals surface area contributed by atoms with Crippen molar-refractivity contribution in [1.29, 1.82) is 0 Å². The normalized spacial score (nSPS) is 13.2. The maximum Gasteiger partial charge on any atom is 0.0948 e. The van der Waals surface area contributed by atoms with Crippen LogP contribution in [0, 0.1) is 5.92 Å². The molecule has 0 saturated heterocycles. The van der Waals surface area contributed by atoms with Crippen molar-refractivity contribution in [2.45, 2.75) is 148 Å². The quantitative estimate of drug-likeness (QED) is 0.145. The number of rotatable bonds is 23. The van der Waals surface area contributed by atoms with E-state index in [1.54, 1.807) is 0 Å². The van der Waals surface area contributed by atoms with Gasteiger partial charge in [-0.25, -0.2) is 4.98 Å². The molecule has 2 aromatic rings. The van der Waals surface area contributed by atoms with Gasteiger partial charge in [0.25, 0.3) is 0 Å². The van der Waals surface area contributed by atoms with Gasteiger partial charge in [0.2, 0.25) is 0 Å². The lowest BCUT2D eigenvalue weighted by Gasteiger charge is -2.29. The zero-order valence-corrected chi connectivity index (χ0v) is 23.3. The fourth-order valence-electron chi connectivity index (χ4n) is 5.65. The second-order valence-corrected chi connectivity index (χ2v) is 10.9. The highest BCUT2D eigenvalue weighted by molar-refractivity contribution is 5.15. The van der Waals surface area contributed by atoms with Gasteiger partial charge in [0.05, 0.1) is 6.33 Å². The molecule has 2 heteroatoms. The Morgan fingerprint density at radius 2 is 1.14 bits per heavy atom. The molecule has 0 aliphatic heterocycles. The standard InChI is InChI=1S/C33H56N2/c1-3-5-7-9-11-12-13-15-17-22-26-33(35-28-27-34-30-35)32(29-31-23-19-18-20-24-31)25-21-16-14-10-8-6-4-2/h18-20,23-24,27-28,30,32-33H,3-17,21-22,25-26,29H2,1-2H3. The number of hydrogen-bond donors (Lipinski definition) is 0. The molecule has 1 heterocycles. The monoisotopic (exact) mass is 480 g/mol. The van der Waals surface area contributed by atoms with E-state index in [2.05, 4.69) is 66.3 Å². The van der Waals surface area contributed by atoms with Gasteiger partial charge in [0.15, 0.2) is 0 Å². The molecule has 0 aliphatic rings. The molecule has 2 atom stereocenters. The summed E-state index contributed by atoms with van der Waals surface area (Å²) in [6.45, 7) is 4.61. The van der Waals surface area contributed by atoms with Crippen LogP contribution in [-0.2, 0) is 6.42 Å². The van der Waals surface area contributed by atoms with Crippen LogP contribution in [0.2, 0.25) is 0 Å². The summed E-state index contributed by atoms with van der Waals surface area (Å²) in [5, 5.41) is 0. The van der Waals surface area contributed by atoms with Crippen LogP contribution in [0.4, 0.5) is 0 Å². The van der Waals surface area contributed by atoms with E-state index in [9.17, 15) is 0 Å². The van der Waals surface area contributed by atoms with Crippen molar-refractivity contribution >= 4 is 0 Å². The van der Waals surface area contributed by atoms with Crippen molar-refractivity contribution in [3.8, 4) is 0 Å².